The lowest BCUT2D eigenvalue weighted by molar-refractivity contribution is -0.130. The van der Waals surface area contributed by atoms with Crippen LogP contribution in [0, 0.1) is 0 Å². The van der Waals surface area contributed by atoms with Crippen molar-refractivity contribution in [1.82, 2.24) is 25.1 Å². The van der Waals surface area contributed by atoms with Crippen LogP contribution < -0.4 is 4.90 Å². The molecular weight excluding hydrogens is 356 g/mol. The van der Waals surface area contributed by atoms with Crippen LogP contribution >= 0.6 is 0 Å². The van der Waals surface area contributed by atoms with Crippen molar-refractivity contribution in [2.75, 3.05) is 31.1 Å². The molecule has 1 saturated heterocycles. The van der Waals surface area contributed by atoms with Crippen molar-refractivity contribution in [2.45, 2.75) is 39.7 Å². The summed E-state index contributed by atoms with van der Waals surface area (Å²) < 4.78 is 5.90. The van der Waals surface area contributed by atoms with E-state index in [9.17, 15) is 4.79 Å². The molecule has 28 heavy (non-hydrogen) atoms. The highest BCUT2D eigenvalue weighted by Gasteiger charge is 2.25. The lowest BCUT2D eigenvalue weighted by Crippen LogP contribution is -2.50. The Morgan fingerprint density at radius 1 is 1.25 bits per heavy atom. The minimum atomic E-state index is 0.129. The molecule has 1 aliphatic heterocycles. The second-order valence-corrected chi connectivity index (χ2v) is 7.40. The molecule has 148 valence electrons. The molecule has 0 radical (unpaired) electrons. The smallest absolute Gasteiger partial charge is 0.242 e. The highest BCUT2D eigenvalue weighted by molar-refractivity contribution is 5.83. The molecule has 0 spiro atoms. The number of rotatable bonds is 5. The van der Waals surface area contributed by atoms with E-state index in [1.165, 1.54) is 0 Å². The van der Waals surface area contributed by atoms with Crippen molar-refractivity contribution in [3.8, 4) is 11.4 Å². The zero-order valence-electron chi connectivity index (χ0n) is 16.6. The van der Waals surface area contributed by atoms with E-state index in [4.69, 9.17) is 4.74 Å². The van der Waals surface area contributed by atoms with Gasteiger partial charge in [-0.15, -0.1) is 0 Å². The number of amides is 1. The predicted octanol–water partition coefficient (Wildman–Crippen LogP) is 2.25. The first kappa shape index (κ1) is 18.5. The van der Waals surface area contributed by atoms with Crippen molar-refractivity contribution < 1.29 is 9.53 Å². The SMILES string of the molecule is CCN1CCN(c2cc(-c3n[nH]c4c3C=C(OC(C)C)CC4)ncn2)CC1=O. The average molecular weight is 382 g/mol. The molecule has 0 unspecified atom stereocenters. The van der Waals surface area contributed by atoms with Crippen LogP contribution in [0.3, 0.4) is 0 Å². The summed E-state index contributed by atoms with van der Waals surface area (Å²) in [5, 5.41) is 7.63. The summed E-state index contributed by atoms with van der Waals surface area (Å²) in [5.74, 6) is 1.86. The van der Waals surface area contributed by atoms with Gasteiger partial charge in [-0.25, -0.2) is 9.97 Å². The molecule has 2 aliphatic rings. The van der Waals surface area contributed by atoms with Crippen LogP contribution in [0.4, 0.5) is 5.82 Å². The quantitative estimate of drug-likeness (QED) is 0.853. The number of likely N-dealkylation sites (N-methyl/N-ethyl adjacent to an activating group) is 1. The number of carbonyl (C=O) groups is 1. The molecule has 0 aromatic carbocycles. The predicted molar refractivity (Wildman–Crippen MR) is 107 cm³/mol. The number of allylic oxidation sites excluding steroid dienone is 1. The second kappa shape index (κ2) is 7.61. The van der Waals surface area contributed by atoms with Crippen LogP contribution in [-0.2, 0) is 16.0 Å². The summed E-state index contributed by atoms with van der Waals surface area (Å²) in [6.45, 7) is 8.63. The highest BCUT2D eigenvalue weighted by Crippen LogP contribution is 2.32. The molecule has 1 amide bonds. The molecular formula is C20H26N6O2. The van der Waals surface area contributed by atoms with Gasteiger partial charge in [-0.3, -0.25) is 9.89 Å². The van der Waals surface area contributed by atoms with Gasteiger partial charge < -0.3 is 14.5 Å². The van der Waals surface area contributed by atoms with Crippen LogP contribution in [-0.4, -0.2) is 63.3 Å². The number of aromatic nitrogens is 4. The molecule has 3 heterocycles. The summed E-state index contributed by atoms with van der Waals surface area (Å²) in [6.07, 6.45) is 5.48. The Morgan fingerprint density at radius 2 is 2.11 bits per heavy atom. The maximum atomic E-state index is 12.2. The number of ether oxygens (including phenoxy) is 1. The molecule has 2 aromatic rings. The zero-order chi connectivity index (χ0) is 19.7. The summed E-state index contributed by atoms with van der Waals surface area (Å²) in [7, 11) is 0. The van der Waals surface area contributed by atoms with Gasteiger partial charge in [-0.2, -0.15) is 5.10 Å². The maximum absolute atomic E-state index is 12.2. The van der Waals surface area contributed by atoms with E-state index < -0.39 is 0 Å². The molecule has 1 aliphatic carbocycles. The van der Waals surface area contributed by atoms with Crippen molar-refractivity contribution >= 4 is 17.8 Å². The minimum Gasteiger partial charge on any atom is -0.495 e. The Morgan fingerprint density at radius 3 is 2.86 bits per heavy atom. The number of H-pyrrole nitrogens is 1. The maximum Gasteiger partial charge on any atom is 0.242 e. The first-order valence-corrected chi connectivity index (χ1v) is 9.84. The van der Waals surface area contributed by atoms with Gasteiger partial charge in [0.25, 0.3) is 0 Å². The zero-order valence-corrected chi connectivity index (χ0v) is 16.6. The van der Waals surface area contributed by atoms with Crippen molar-refractivity contribution in [2.24, 2.45) is 0 Å². The normalized spacial score (nSPS) is 17.0. The van der Waals surface area contributed by atoms with E-state index in [-0.39, 0.29) is 12.0 Å². The Kier molecular flexibility index (Phi) is 5.02. The Hall–Kier alpha value is -2.90. The van der Waals surface area contributed by atoms with Crippen LogP contribution in [0.5, 0.6) is 0 Å². The molecule has 0 saturated carbocycles. The van der Waals surface area contributed by atoms with Crippen LogP contribution in [0.2, 0.25) is 0 Å². The Balaban J connectivity index is 1.61. The first-order chi connectivity index (χ1) is 13.5. The van der Waals surface area contributed by atoms with Crippen molar-refractivity contribution in [3.05, 3.63) is 29.4 Å². The third-order valence-corrected chi connectivity index (χ3v) is 5.12. The molecule has 0 bridgehead atoms. The van der Waals surface area contributed by atoms with Crippen LogP contribution in [0.1, 0.15) is 38.4 Å². The molecule has 1 N–H and O–H groups in total. The van der Waals surface area contributed by atoms with Gasteiger partial charge in [0, 0.05) is 43.4 Å². The number of aromatic amines is 1. The molecule has 0 atom stereocenters. The number of carbonyl (C=O) groups excluding carboxylic acids is 1. The molecule has 8 nitrogen and oxygen atoms in total. The van der Waals surface area contributed by atoms with Gasteiger partial charge in [0.15, 0.2) is 0 Å². The third kappa shape index (κ3) is 3.58. The second-order valence-electron chi connectivity index (χ2n) is 7.40. The summed E-state index contributed by atoms with van der Waals surface area (Å²) in [6, 6.07) is 1.91. The van der Waals surface area contributed by atoms with Gasteiger partial charge in [-0.05, 0) is 33.3 Å². The molecule has 2 aromatic heterocycles. The van der Waals surface area contributed by atoms with E-state index in [0.717, 1.165) is 60.2 Å². The topological polar surface area (TPSA) is 87.2 Å². The number of aryl methyl sites for hydroxylation is 1. The fourth-order valence-electron chi connectivity index (χ4n) is 3.69. The Labute approximate surface area is 164 Å². The van der Waals surface area contributed by atoms with E-state index in [1.807, 2.05) is 36.6 Å². The van der Waals surface area contributed by atoms with E-state index in [0.29, 0.717) is 13.1 Å². The van der Waals surface area contributed by atoms with Gasteiger partial charge in [0.2, 0.25) is 5.91 Å². The summed E-state index contributed by atoms with van der Waals surface area (Å²) in [5.41, 5.74) is 3.66. The van der Waals surface area contributed by atoms with E-state index in [1.54, 1.807) is 6.33 Å². The number of fused-ring (bicyclic) bond motifs is 1. The monoisotopic (exact) mass is 382 g/mol. The standard InChI is InChI=1S/C20H26N6O2/c1-4-25-7-8-26(11-19(25)27)18-10-17(21-12-22-18)20-15-9-14(28-13(2)3)5-6-16(15)23-24-20/h9-10,12-13H,4-8,11H2,1-3H3,(H,23,24). The number of nitrogens with one attached hydrogen (secondary N) is 1. The molecule has 1 fully saturated rings. The van der Waals surface area contributed by atoms with E-state index >= 15 is 0 Å². The van der Waals surface area contributed by atoms with E-state index in [2.05, 4.69) is 26.2 Å². The van der Waals surface area contributed by atoms with Gasteiger partial charge in [-0.1, -0.05) is 0 Å². The van der Waals surface area contributed by atoms with Crippen LogP contribution in [0.15, 0.2) is 18.2 Å². The average Bonchev–Trinajstić information content (AvgIpc) is 3.11. The number of piperazine rings is 1. The van der Waals surface area contributed by atoms with Gasteiger partial charge >= 0.3 is 0 Å². The minimum absolute atomic E-state index is 0.129. The fourth-order valence-corrected chi connectivity index (χ4v) is 3.69. The number of hydrogen-bond acceptors (Lipinski definition) is 6. The van der Waals surface area contributed by atoms with Gasteiger partial charge in [0.1, 0.15) is 17.8 Å². The number of hydrogen-bond donors (Lipinski definition) is 1. The largest absolute Gasteiger partial charge is 0.495 e. The summed E-state index contributed by atoms with van der Waals surface area (Å²) in [4.78, 5) is 24.9. The Bertz CT molecular complexity index is 904. The van der Waals surface area contributed by atoms with Crippen LogP contribution in [0.25, 0.3) is 17.5 Å². The third-order valence-electron chi connectivity index (χ3n) is 5.12. The van der Waals surface area contributed by atoms with Gasteiger partial charge in [0.05, 0.1) is 24.1 Å². The molecule has 8 heteroatoms. The fraction of sp³-hybridized carbons (Fsp3) is 0.500. The first-order valence-electron chi connectivity index (χ1n) is 9.84. The lowest BCUT2D eigenvalue weighted by Gasteiger charge is -2.34. The summed E-state index contributed by atoms with van der Waals surface area (Å²) >= 11 is 0. The lowest BCUT2D eigenvalue weighted by atomic mass is 10.00. The van der Waals surface area contributed by atoms with Crippen molar-refractivity contribution in [1.29, 1.82) is 0 Å². The number of nitrogens with zero attached hydrogens (tertiary/aromatic N) is 5. The number of anilines is 1. The molecule has 4 rings (SSSR count). The van der Waals surface area contributed by atoms with Crippen molar-refractivity contribution in [3.63, 3.8) is 0 Å². The highest BCUT2D eigenvalue weighted by atomic mass is 16.5.